The molecule has 0 aliphatic carbocycles. The molecule has 1 aliphatic heterocycles. The maximum Gasteiger partial charge on any atom is 0.304 e. The number of nitrogens with zero attached hydrogens (tertiary/aromatic N) is 4. The molecule has 0 spiro atoms. The average Bonchev–Trinajstić information content (AvgIpc) is 3.91. The fourth-order valence-corrected chi connectivity index (χ4v) is 8.90. The summed E-state index contributed by atoms with van der Waals surface area (Å²) in [5.74, 6) is -2.88. The monoisotopic (exact) mass is 1280 g/mol. The van der Waals surface area contributed by atoms with E-state index in [2.05, 4.69) is 57.6 Å². The second-order valence-corrected chi connectivity index (χ2v) is 20.8. The number of carboxylic acids is 3. The van der Waals surface area contributed by atoms with Gasteiger partial charge in [-0.25, -0.2) is 0 Å². The van der Waals surface area contributed by atoms with Gasteiger partial charge in [-0.1, -0.05) is 36.4 Å². The van der Waals surface area contributed by atoms with E-state index in [0.29, 0.717) is 176 Å². The number of carboxylic acid groups (broad SMARTS) is 3. The van der Waals surface area contributed by atoms with Crippen LogP contribution in [0.25, 0.3) is 11.4 Å². The van der Waals surface area contributed by atoms with Crippen molar-refractivity contribution in [1.82, 2.24) is 52.3 Å². The highest BCUT2D eigenvalue weighted by atomic mass is 32.1. The maximum absolute atomic E-state index is 12.2. The molecule has 10 N–H and O–H groups in total. The van der Waals surface area contributed by atoms with Gasteiger partial charge in [0.1, 0.15) is 0 Å². The van der Waals surface area contributed by atoms with E-state index in [1.807, 2.05) is 48.5 Å². The Morgan fingerprint density at radius 2 is 0.933 bits per heavy atom. The van der Waals surface area contributed by atoms with Gasteiger partial charge < -0.3 is 99.9 Å². The Hall–Kier alpha value is -6.10. The topological polar surface area (TPSA) is 374 Å². The van der Waals surface area contributed by atoms with Crippen molar-refractivity contribution in [2.45, 2.75) is 94.9 Å². The number of nitrogens with one attached hydrogen (secondary N) is 7. The van der Waals surface area contributed by atoms with Crippen molar-refractivity contribution in [3.8, 4) is 11.4 Å². The summed E-state index contributed by atoms with van der Waals surface area (Å²) in [7, 11) is 0. The maximum atomic E-state index is 12.2. The van der Waals surface area contributed by atoms with Crippen LogP contribution in [0.15, 0.2) is 54.9 Å². The third-order valence-electron chi connectivity index (χ3n) is 13.2. The summed E-state index contributed by atoms with van der Waals surface area (Å²) in [5.41, 5.74) is 3.38. The second-order valence-electron chi connectivity index (χ2n) is 20.4. The molecular formula is C59H93N11O18S. The van der Waals surface area contributed by atoms with Gasteiger partial charge in [0.05, 0.1) is 145 Å². The first-order chi connectivity index (χ1) is 43.4. The molecule has 2 aromatic carbocycles. The molecule has 1 fully saturated rings. The molecule has 0 saturated carbocycles. The molecule has 4 atom stereocenters. The molecule has 1 saturated heterocycles. The highest BCUT2D eigenvalue weighted by Gasteiger charge is 2.31. The molecule has 29 nitrogen and oxygen atoms in total. The molecule has 4 rings (SSSR count). The molecule has 498 valence electrons. The van der Waals surface area contributed by atoms with E-state index in [4.69, 9.17) is 59.6 Å². The van der Waals surface area contributed by atoms with E-state index in [1.54, 1.807) is 0 Å². The number of unbranched alkanes of at least 4 members (excludes halogenated alkanes) is 2. The molecule has 30 heteroatoms. The van der Waals surface area contributed by atoms with E-state index < -0.39 is 42.1 Å². The number of anilines is 1. The summed E-state index contributed by atoms with van der Waals surface area (Å²) < 4.78 is 55.5. The summed E-state index contributed by atoms with van der Waals surface area (Å²) in [6.45, 7) is 11.0. The highest BCUT2D eigenvalue weighted by Crippen LogP contribution is 2.17. The van der Waals surface area contributed by atoms with E-state index >= 15 is 0 Å². The molecule has 2 amide bonds. The van der Waals surface area contributed by atoms with Gasteiger partial charge in [0.25, 0.3) is 0 Å². The first-order valence-corrected chi connectivity index (χ1v) is 30.8. The zero-order chi connectivity index (χ0) is 63.6. The van der Waals surface area contributed by atoms with Crippen molar-refractivity contribution in [2.75, 3.05) is 164 Å². The van der Waals surface area contributed by atoms with Crippen molar-refractivity contribution in [3.05, 3.63) is 66.0 Å². The Balaban J connectivity index is 0.810. The summed E-state index contributed by atoms with van der Waals surface area (Å²) in [4.78, 5) is 59.2. The summed E-state index contributed by atoms with van der Waals surface area (Å²) in [5, 5.41) is 66.1. The van der Waals surface area contributed by atoms with Crippen molar-refractivity contribution >= 4 is 52.7 Å². The van der Waals surface area contributed by atoms with Crippen LogP contribution < -0.4 is 37.2 Å². The number of ether oxygens (including phenoxy) is 10. The highest BCUT2D eigenvalue weighted by molar-refractivity contribution is 7.80. The van der Waals surface area contributed by atoms with Gasteiger partial charge >= 0.3 is 17.9 Å². The van der Waals surface area contributed by atoms with Gasteiger partial charge in [0.2, 0.25) is 17.6 Å². The van der Waals surface area contributed by atoms with Crippen LogP contribution in [-0.4, -0.2) is 253 Å². The molecule has 3 unspecified atom stereocenters. The third kappa shape index (κ3) is 39.6. The SMILES string of the molecule is O=C(O)CC1CNC(CC(=O)O)[C@H](Cc2ccc(NC(=S)NCCCCCOCCOCCOCCOCCOCCOCCOCCOCCOCCOCCNC(=O)CCCC(=O)NCc3ccc(-c4nncnn4)cc3)cc2)NC(CC(=O)O)CN1. The molecule has 3 aromatic rings. The molecular weight excluding hydrogens is 1180 g/mol. The molecule has 1 aromatic heterocycles. The normalized spacial score (nSPS) is 16.0. The standard InChI is InChI=1S/C59H93N11O18S/c71-53(5-4-6-54(72)64-41-46-7-11-47(12-8-46)58-69-65-44-66-70-58)60-16-18-80-20-22-82-24-26-84-28-30-86-32-34-88-36-35-87-33-31-85-29-27-83-25-23-81-21-19-79-17-3-1-2-15-61-59(89)68-48-13-9-45(10-14-48)37-52-51(40-57(77)78)63-42-49(38-55(73)74)62-43-50(67-52)39-56(75)76/h7-14,44,49-52,62-63,67H,1-6,15-43H2,(H,60,71)(H,64,72)(H,73,74)(H,75,76)(H,77,78)(H2,61,68,89)/t49?,50?,51?,52-/m0/s1. The lowest BCUT2D eigenvalue weighted by molar-refractivity contribution is -0.139. The number of aliphatic carboxylic acids is 3. The average molecular weight is 1280 g/mol. The summed E-state index contributed by atoms with van der Waals surface area (Å²) in [6.07, 6.45) is 4.74. The van der Waals surface area contributed by atoms with Crippen molar-refractivity contribution in [1.29, 1.82) is 0 Å². The van der Waals surface area contributed by atoms with E-state index in [9.17, 15) is 39.3 Å². The van der Waals surface area contributed by atoms with Crippen molar-refractivity contribution < 1.29 is 86.7 Å². The van der Waals surface area contributed by atoms with Gasteiger partial charge in [-0.2, -0.15) is 0 Å². The van der Waals surface area contributed by atoms with E-state index in [1.165, 1.54) is 6.33 Å². The Kier molecular flexibility index (Phi) is 42.0. The number of amides is 2. The van der Waals surface area contributed by atoms with Crippen molar-refractivity contribution in [2.24, 2.45) is 0 Å². The van der Waals surface area contributed by atoms with Crippen LogP contribution in [0, 0.1) is 0 Å². The second kappa shape index (κ2) is 49.7. The zero-order valence-corrected chi connectivity index (χ0v) is 51.7. The predicted octanol–water partition coefficient (Wildman–Crippen LogP) is 1.38. The molecule has 0 bridgehead atoms. The first kappa shape index (κ1) is 75.4. The lowest BCUT2D eigenvalue weighted by Gasteiger charge is -2.30. The number of thiocarbonyl (C=S) groups is 1. The minimum atomic E-state index is -1.02. The van der Waals surface area contributed by atoms with E-state index in [0.717, 1.165) is 41.6 Å². The van der Waals surface area contributed by atoms with Crippen LogP contribution >= 0.6 is 12.2 Å². The Morgan fingerprint density at radius 1 is 0.472 bits per heavy atom. The van der Waals surface area contributed by atoms with Crippen LogP contribution in [0.1, 0.15) is 68.9 Å². The van der Waals surface area contributed by atoms with Crippen LogP contribution in [0.4, 0.5) is 5.69 Å². The number of hydrogen-bond donors (Lipinski definition) is 10. The Labute approximate surface area is 525 Å². The van der Waals surface area contributed by atoms with Gasteiger partial charge in [-0.15, -0.1) is 20.4 Å². The van der Waals surface area contributed by atoms with Gasteiger partial charge in [-0.3, -0.25) is 24.0 Å². The Bertz CT molecular complexity index is 2380. The number of hydrogen-bond acceptors (Lipinski definition) is 23. The molecule has 1 aliphatic rings. The fraction of sp³-hybridized carbons (Fsp3) is 0.661. The minimum absolute atomic E-state index is 0.125. The number of benzene rings is 2. The number of aromatic nitrogens is 4. The Morgan fingerprint density at radius 3 is 1.45 bits per heavy atom. The van der Waals surface area contributed by atoms with Crippen LogP contribution in [0.2, 0.25) is 0 Å². The zero-order valence-electron chi connectivity index (χ0n) is 50.9. The minimum Gasteiger partial charge on any atom is -0.481 e. The van der Waals surface area contributed by atoms with Crippen LogP contribution in [-0.2, 0) is 84.3 Å². The summed E-state index contributed by atoms with van der Waals surface area (Å²) >= 11 is 5.49. The molecule has 2 heterocycles. The molecule has 0 radical (unpaired) electrons. The largest absolute Gasteiger partial charge is 0.481 e. The number of carbonyl (C=O) groups excluding carboxylic acids is 2. The third-order valence-corrected chi connectivity index (χ3v) is 13.5. The lowest BCUT2D eigenvalue weighted by Crippen LogP contribution is -2.54. The molecule has 89 heavy (non-hydrogen) atoms. The van der Waals surface area contributed by atoms with Crippen LogP contribution in [0.3, 0.4) is 0 Å². The number of rotatable bonds is 52. The van der Waals surface area contributed by atoms with Gasteiger partial charge in [0.15, 0.2) is 11.4 Å². The van der Waals surface area contributed by atoms with Gasteiger partial charge in [0, 0.05) is 87.6 Å². The number of carbonyl (C=O) groups is 5. The van der Waals surface area contributed by atoms with Gasteiger partial charge in [-0.05, 0) is 67.6 Å². The predicted molar refractivity (Wildman–Crippen MR) is 329 cm³/mol. The quantitative estimate of drug-likeness (QED) is 0.0282. The fourth-order valence-electron chi connectivity index (χ4n) is 8.68. The van der Waals surface area contributed by atoms with E-state index in [-0.39, 0.29) is 57.0 Å². The summed E-state index contributed by atoms with van der Waals surface area (Å²) in [6, 6.07) is 12.9. The first-order valence-electron chi connectivity index (χ1n) is 30.4. The van der Waals surface area contributed by atoms with Crippen LogP contribution in [0.5, 0.6) is 0 Å². The smallest absolute Gasteiger partial charge is 0.304 e. The van der Waals surface area contributed by atoms with Crippen molar-refractivity contribution in [3.63, 3.8) is 0 Å². The lowest BCUT2D eigenvalue weighted by atomic mass is 9.95.